The number of esters is 2. The van der Waals surface area contributed by atoms with Crippen molar-refractivity contribution in [2.75, 3.05) is 26.4 Å². The normalized spacial score (nSPS) is 16.6. The van der Waals surface area contributed by atoms with Crippen LogP contribution in [0.2, 0.25) is 0 Å². The van der Waals surface area contributed by atoms with Crippen molar-refractivity contribution in [1.29, 1.82) is 0 Å². The second-order valence-electron chi connectivity index (χ2n) is 7.77. The Morgan fingerprint density at radius 1 is 0.857 bits per heavy atom. The zero-order valence-corrected chi connectivity index (χ0v) is 20.4. The molecular formula is C27H30O7S. The number of fused-ring (bicyclic) bond motifs is 2. The summed E-state index contributed by atoms with van der Waals surface area (Å²) in [4.78, 5) is 22.9. The van der Waals surface area contributed by atoms with Gasteiger partial charge in [-0.3, -0.25) is 4.21 Å². The molecule has 0 aromatic heterocycles. The number of benzene rings is 2. The standard InChI is InChI=1S/C27H30O7S/c1-3-25(28)32-14-8-7-13-31-23-19-27(34-16-10-9-15-33-26(29)4-2)35(30)24-18-21-12-6-5-11-20(21)17-22(23)24/h3-6,11-12,17-19,27H,1-2,7-10,13-16H2. The monoisotopic (exact) mass is 498 g/mol. The predicted octanol–water partition coefficient (Wildman–Crippen LogP) is 4.68. The molecule has 0 saturated carbocycles. The van der Waals surface area contributed by atoms with Crippen LogP contribution in [-0.2, 0) is 39.3 Å². The Labute approximate surface area is 207 Å². The summed E-state index contributed by atoms with van der Waals surface area (Å²) < 4.78 is 35.3. The van der Waals surface area contributed by atoms with E-state index in [2.05, 4.69) is 13.2 Å². The maximum Gasteiger partial charge on any atom is 0.330 e. The lowest BCUT2D eigenvalue weighted by Crippen LogP contribution is -2.23. The second kappa shape index (κ2) is 13.6. The van der Waals surface area contributed by atoms with Crippen molar-refractivity contribution in [3.8, 4) is 0 Å². The average Bonchev–Trinajstić information content (AvgIpc) is 2.88. The number of carbonyl (C=O) groups is 2. The van der Waals surface area contributed by atoms with Crippen molar-refractivity contribution in [2.24, 2.45) is 0 Å². The first-order valence-electron chi connectivity index (χ1n) is 11.5. The third-order valence-corrected chi connectivity index (χ3v) is 6.73. The third-order valence-electron chi connectivity index (χ3n) is 5.27. The first-order chi connectivity index (χ1) is 17.0. The molecule has 0 aliphatic carbocycles. The number of hydrogen-bond donors (Lipinski definition) is 0. The first kappa shape index (κ1) is 26.4. The van der Waals surface area contributed by atoms with Crippen LogP contribution in [0.25, 0.3) is 16.5 Å². The van der Waals surface area contributed by atoms with Crippen LogP contribution in [-0.4, -0.2) is 48.0 Å². The molecule has 35 heavy (non-hydrogen) atoms. The fourth-order valence-corrected chi connectivity index (χ4v) is 4.80. The van der Waals surface area contributed by atoms with Crippen LogP contribution in [0.4, 0.5) is 0 Å². The van der Waals surface area contributed by atoms with E-state index >= 15 is 0 Å². The van der Waals surface area contributed by atoms with Crippen LogP contribution in [0.15, 0.2) is 72.7 Å². The lowest BCUT2D eigenvalue weighted by atomic mass is 10.1. The molecule has 2 aromatic carbocycles. The summed E-state index contributed by atoms with van der Waals surface area (Å²) in [7, 11) is -1.41. The minimum Gasteiger partial charge on any atom is -0.493 e. The Morgan fingerprint density at radius 2 is 1.43 bits per heavy atom. The topological polar surface area (TPSA) is 88.1 Å². The van der Waals surface area contributed by atoms with E-state index in [-0.39, 0.29) is 6.61 Å². The van der Waals surface area contributed by atoms with Crippen LogP contribution in [0.1, 0.15) is 31.2 Å². The summed E-state index contributed by atoms with van der Waals surface area (Å²) in [5, 5.41) is 2.02. The Morgan fingerprint density at radius 3 is 2.06 bits per heavy atom. The van der Waals surface area contributed by atoms with Crippen molar-refractivity contribution in [3.63, 3.8) is 0 Å². The van der Waals surface area contributed by atoms with E-state index in [0.717, 1.165) is 28.5 Å². The lowest BCUT2D eigenvalue weighted by molar-refractivity contribution is -0.138. The number of rotatable bonds is 14. The highest BCUT2D eigenvalue weighted by Crippen LogP contribution is 2.35. The smallest absolute Gasteiger partial charge is 0.330 e. The maximum absolute atomic E-state index is 13.3. The van der Waals surface area contributed by atoms with Crippen LogP contribution >= 0.6 is 0 Å². The Hall–Kier alpha value is -3.23. The zero-order chi connectivity index (χ0) is 25.0. The van der Waals surface area contributed by atoms with Crippen molar-refractivity contribution < 1.29 is 32.7 Å². The molecule has 0 amide bonds. The van der Waals surface area contributed by atoms with Crippen LogP contribution < -0.4 is 0 Å². The van der Waals surface area contributed by atoms with Gasteiger partial charge in [-0.2, -0.15) is 0 Å². The fourth-order valence-electron chi connectivity index (χ4n) is 3.47. The van der Waals surface area contributed by atoms with Crippen LogP contribution in [0.5, 0.6) is 0 Å². The minimum atomic E-state index is -1.41. The van der Waals surface area contributed by atoms with Gasteiger partial charge in [-0.1, -0.05) is 37.4 Å². The molecule has 0 saturated heterocycles. The summed E-state index contributed by atoms with van der Waals surface area (Å²) in [6.07, 6.45) is 6.65. The number of carbonyl (C=O) groups excluding carboxylic acids is 2. The summed E-state index contributed by atoms with van der Waals surface area (Å²) in [5.41, 5.74) is 0.138. The SMILES string of the molecule is C=CC(=O)OCCCCOC1=CC(OCCCCOC(=O)C=C)S(=O)c2cc3ccccc3cc21. The quantitative estimate of drug-likeness (QED) is 0.212. The van der Waals surface area contributed by atoms with Gasteiger partial charge < -0.3 is 18.9 Å². The van der Waals surface area contributed by atoms with Gasteiger partial charge in [-0.25, -0.2) is 9.59 Å². The molecule has 0 radical (unpaired) electrons. The van der Waals surface area contributed by atoms with E-state index in [0.29, 0.717) is 56.2 Å². The van der Waals surface area contributed by atoms with Crippen molar-refractivity contribution in [2.45, 2.75) is 36.0 Å². The molecule has 1 aliphatic heterocycles. The minimum absolute atomic E-state index is 0.281. The first-order valence-corrected chi connectivity index (χ1v) is 12.7. The molecule has 3 rings (SSSR count). The summed E-state index contributed by atoms with van der Waals surface area (Å²) in [6, 6.07) is 11.8. The van der Waals surface area contributed by atoms with Crippen molar-refractivity contribution in [3.05, 3.63) is 73.3 Å². The molecule has 2 unspecified atom stereocenters. The van der Waals surface area contributed by atoms with Gasteiger partial charge in [-0.15, -0.1) is 0 Å². The van der Waals surface area contributed by atoms with E-state index in [9.17, 15) is 13.8 Å². The van der Waals surface area contributed by atoms with E-state index in [1.54, 1.807) is 6.08 Å². The molecule has 2 atom stereocenters. The van der Waals surface area contributed by atoms with Gasteiger partial charge in [0.15, 0.2) is 5.44 Å². The van der Waals surface area contributed by atoms with Gasteiger partial charge in [0.2, 0.25) is 0 Å². The summed E-state index contributed by atoms with van der Waals surface area (Å²) in [6.45, 7) is 8.09. The van der Waals surface area contributed by atoms with E-state index in [1.807, 2.05) is 36.4 Å². The maximum atomic E-state index is 13.3. The molecule has 1 aliphatic rings. The highest BCUT2D eigenvalue weighted by Gasteiger charge is 2.28. The highest BCUT2D eigenvalue weighted by molar-refractivity contribution is 7.85. The highest BCUT2D eigenvalue weighted by atomic mass is 32.2. The van der Waals surface area contributed by atoms with Crippen LogP contribution in [0.3, 0.4) is 0 Å². The molecule has 7 nitrogen and oxygen atoms in total. The molecule has 0 N–H and O–H groups in total. The largest absolute Gasteiger partial charge is 0.493 e. The van der Waals surface area contributed by atoms with Gasteiger partial charge >= 0.3 is 11.9 Å². The predicted molar refractivity (Wildman–Crippen MR) is 135 cm³/mol. The molecule has 0 spiro atoms. The zero-order valence-electron chi connectivity index (χ0n) is 19.6. The van der Waals surface area contributed by atoms with E-state index in [4.69, 9.17) is 18.9 Å². The molecule has 186 valence electrons. The molecule has 2 aromatic rings. The van der Waals surface area contributed by atoms with Crippen molar-refractivity contribution in [1.82, 2.24) is 0 Å². The molecule has 0 bridgehead atoms. The second-order valence-corrected chi connectivity index (χ2v) is 9.27. The van der Waals surface area contributed by atoms with Crippen LogP contribution in [0, 0.1) is 0 Å². The van der Waals surface area contributed by atoms with Crippen molar-refractivity contribution >= 4 is 39.3 Å². The van der Waals surface area contributed by atoms with Gasteiger partial charge in [-0.05, 0) is 48.6 Å². The van der Waals surface area contributed by atoms with E-state index < -0.39 is 28.2 Å². The van der Waals surface area contributed by atoms with Gasteiger partial charge in [0, 0.05) is 30.4 Å². The number of ether oxygens (including phenoxy) is 4. The summed E-state index contributed by atoms with van der Waals surface area (Å²) in [5.74, 6) is -0.270. The number of hydrogen-bond acceptors (Lipinski definition) is 7. The van der Waals surface area contributed by atoms with Gasteiger partial charge in [0.1, 0.15) is 5.76 Å². The fraction of sp³-hybridized carbons (Fsp3) is 0.333. The van der Waals surface area contributed by atoms with Gasteiger partial charge in [0.25, 0.3) is 0 Å². The van der Waals surface area contributed by atoms with Gasteiger partial charge in [0.05, 0.1) is 35.5 Å². The molecule has 0 fully saturated rings. The van der Waals surface area contributed by atoms with E-state index in [1.165, 1.54) is 0 Å². The lowest BCUT2D eigenvalue weighted by Gasteiger charge is -2.25. The number of unbranched alkanes of at least 4 members (excludes halogenated alkanes) is 2. The third kappa shape index (κ3) is 7.63. The summed E-state index contributed by atoms with van der Waals surface area (Å²) >= 11 is 0. The molecule has 1 heterocycles. The average molecular weight is 499 g/mol. The molecule has 8 heteroatoms. The Bertz CT molecular complexity index is 1120. The Balaban J connectivity index is 1.64. The Kier molecular flexibility index (Phi) is 10.3. The molecular weight excluding hydrogens is 468 g/mol.